The van der Waals surface area contributed by atoms with E-state index in [2.05, 4.69) is 15.1 Å². The van der Waals surface area contributed by atoms with E-state index in [1.54, 1.807) is 0 Å². The van der Waals surface area contributed by atoms with Crippen molar-refractivity contribution in [2.45, 2.75) is 61.1 Å². The van der Waals surface area contributed by atoms with E-state index >= 15 is 0 Å². The highest BCUT2D eigenvalue weighted by Gasteiger charge is 2.44. The zero-order valence-corrected chi connectivity index (χ0v) is 13.9. The van der Waals surface area contributed by atoms with Crippen molar-refractivity contribution in [1.82, 2.24) is 9.97 Å². The van der Waals surface area contributed by atoms with Gasteiger partial charge in [0.05, 0.1) is 12.7 Å². The van der Waals surface area contributed by atoms with Gasteiger partial charge in [-0.15, -0.1) is 0 Å². The Morgan fingerprint density at radius 2 is 2.00 bits per heavy atom. The molecule has 6 nitrogen and oxygen atoms in total. The van der Waals surface area contributed by atoms with E-state index in [1.165, 1.54) is 0 Å². The van der Waals surface area contributed by atoms with Gasteiger partial charge in [0.2, 0.25) is 6.29 Å². The summed E-state index contributed by atoms with van der Waals surface area (Å²) in [6.07, 6.45) is -2.64. The number of nitrogens with zero attached hydrogens (tertiary/aromatic N) is 3. The molecule has 1 aromatic heterocycles. The number of aryl methyl sites for hydroxylation is 1. The van der Waals surface area contributed by atoms with Crippen molar-refractivity contribution in [3.8, 4) is 0 Å². The Hall–Kier alpha value is -1.39. The van der Waals surface area contributed by atoms with Crippen molar-refractivity contribution in [2.75, 3.05) is 6.61 Å². The van der Waals surface area contributed by atoms with Crippen LogP contribution in [-0.2, 0) is 28.5 Å². The third-order valence-electron chi connectivity index (χ3n) is 4.62. The average Bonchev–Trinajstić information content (AvgIpc) is 3.01. The highest BCUT2D eigenvalue weighted by atomic mass is 32.2. The molecule has 3 heterocycles. The summed E-state index contributed by atoms with van der Waals surface area (Å²) in [5, 5.41) is 12.1. The summed E-state index contributed by atoms with van der Waals surface area (Å²) in [5.41, 5.74) is 0.225. The van der Waals surface area contributed by atoms with Crippen molar-refractivity contribution in [2.24, 2.45) is 5.16 Å². The summed E-state index contributed by atoms with van der Waals surface area (Å²) in [5.74, 6) is 0. The topological polar surface area (TPSA) is 76.8 Å². The number of hydrogen-bond acceptors (Lipinski definition) is 7. The summed E-state index contributed by atoms with van der Waals surface area (Å²) in [4.78, 5) is 8.18. The molecule has 25 heavy (non-hydrogen) atoms. The number of fused-ring (bicyclic) bond motifs is 3. The minimum Gasteiger partial charge on any atom is -0.411 e. The number of ether oxygens (including phenoxy) is 2. The number of oxime groups is 1. The zero-order valence-electron chi connectivity index (χ0n) is 13.1. The zero-order chi connectivity index (χ0) is 17.6. The summed E-state index contributed by atoms with van der Waals surface area (Å²) in [6.45, 7) is 0.304. The average molecular weight is 375 g/mol. The third-order valence-corrected chi connectivity index (χ3v) is 5.79. The van der Waals surface area contributed by atoms with Gasteiger partial charge in [0.25, 0.3) is 0 Å². The lowest BCUT2D eigenvalue weighted by Crippen LogP contribution is -2.37. The molecule has 0 radical (unpaired) electrons. The van der Waals surface area contributed by atoms with Gasteiger partial charge in [-0.25, -0.2) is 9.97 Å². The highest BCUT2D eigenvalue weighted by molar-refractivity contribution is 7.99. The van der Waals surface area contributed by atoms with E-state index in [0.717, 1.165) is 24.6 Å². The molecule has 3 aliphatic rings. The van der Waals surface area contributed by atoms with Crippen LogP contribution in [0, 0.1) is 0 Å². The first kappa shape index (κ1) is 17.0. The largest absolute Gasteiger partial charge is 0.433 e. The SMILES string of the molecule is O/N=C1/C[C@H](Sc2nc3c(c(C(F)(F)F)n2)CCCC3)[C@H]2CO[C@H]1O2. The summed E-state index contributed by atoms with van der Waals surface area (Å²) < 4.78 is 51.2. The molecule has 136 valence electrons. The minimum absolute atomic E-state index is 0.0872. The van der Waals surface area contributed by atoms with Gasteiger partial charge in [-0.1, -0.05) is 16.9 Å². The Kier molecular flexibility index (Phi) is 4.37. The van der Waals surface area contributed by atoms with E-state index < -0.39 is 18.2 Å². The van der Waals surface area contributed by atoms with E-state index in [4.69, 9.17) is 14.7 Å². The maximum atomic E-state index is 13.4. The number of aromatic nitrogens is 2. The number of thioether (sulfide) groups is 1. The first-order chi connectivity index (χ1) is 12.0. The fourth-order valence-corrected chi connectivity index (χ4v) is 4.55. The van der Waals surface area contributed by atoms with Crippen LogP contribution in [0.4, 0.5) is 13.2 Å². The maximum Gasteiger partial charge on any atom is 0.433 e. The molecule has 0 amide bonds. The molecule has 0 saturated carbocycles. The number of halogens is 3. The minimum atomic E-state index is -4.50. The van der Waals surface area contributed by atoms with Gasteiger partial charge < -0.3 is 14.7 Å². The molecule has 1 aromatic rings. The second-order valence-electron chi connectivity index (χ2n) is 6.28. The van der Waals surface area contributed by atoms with E-state index in [9.17, 15) is 13.2 Å². The Morgan fingerprint density at radius 3 is 2.76 bits per heavy atom. The van der Waals surface area contributed by atoms with Crippen molar-refractivity contribution in [3.63, 3.8) is 0 Å². The predicted octanol–water partition coefficient (Wildman–Crippen LogP) is 2.81. The second kappa shape index (κ2) is 6.40. The van der Waals surface area contributed by atoms with E-state index in [-0.39, 0.29) is 22.1 Å². The van der Waals surface area contributed by atoms with Crippen molar-refractivity contribution in [1.29, 1.82) is 0 Å². The Labute approximate surface area is 145 Å². The van der Waals surface area contributed by atoms with Gasteiger partial charge in [-0.3, -0.25) is 0 Å². The first-order valence-corrected chi connectivity index (χ1v) is 8.95. The van der Waals surface area contributed by atoms with Crippen molar-refractivity contribution in [3.05, 3.63) is 17.0 Å². The number of alkyl halides is 3. The van der Waals surface area contributed by atoms with Gasteiger partial charge in [0.15, 0.2) is 10.9 Å². The molecule has 4 rings (SSSR count). The van der Waals surface area contributed by atoms with Crippen molar-refractivity contribution >= 4 is 17.5 Å². The van der Waals surface area contributed by atoms with Crippen LogP contribution < -0.4 is 0 Å². The van der Waals surface area contributed by atoms with Crippen LogP contribution in [-0.4, -0.2) is 45.1 Å². The molecule has 1 N–H and O–H groups in total. The molecule has 10 heteroatoms. The molecule has 3 atom stereocenters. The lowest BCUT2D eigenvalue weighted by atomic mass is 9.94. The quantitative estimate of drug-likeness (QED) is 0.487. The lowest BCUT2D eigenvalue weighted by molar-refractivity contribution is -0.142. The molecular weight excluding hydrogens is 359 g/mol. The fourth-order valence-electron chi connectivity index (χ4n) is 3.42. The van der Waals surface area contributed by atoms with Crippen molar-refractivity contribution < 1.29 is 27.9 Å². The van der Waals surface area contributed by atoms with Crippen LogP contribution in [0.15, 0.2) is 10.3 Å². The molecule has 0 spiro atoms. The molecule has 0 aromatic carbocycles. The maximum absolute atomic E-state index is 13.4. The van der Waals surface area contributed by atoms with Gasteiger partial charge in [0, 0.05) is 22.9 Å². The van der Waals surface area contributed by atoms with Crippen LogP contribution in [0.3, 0.4) is 0 Å². The summed E-state index contributed by atoms with van der Waals surface area (Å²) >= 11 is 1.13. The standard InChI is InChI=1S/C15H16F3N3O3S/c16-15(17,18)12-7-3-1-2-4-8(7)19-14(20-12)25-11-5-9(21-22)13-23-6-10(11)24-13/h10-11,13,22H,1-6H2/b21-9-/t10-,11+,13+/m1/s1. The highest BCUT2D eigenvalue weighted by Crippen LogP contribution is 2.39. The molecule has 2 bridgehead atoms. The van der Waals surface area contributed by atoms with Gasteiger partial charge in [-0.2, -0.15) is 13.2 Å². The van der Waals surface area contributed by atoms with Crippen LogP contribution >= 0.6 is 11.8 Å². The van der Waals surface area contributed by atoms with Crippen LogP contribution in [0.1, 0.15) is 36.2 Å². The second-order valence-corrected chi connectivity index (χ2v) is 7.48. The Bertz CT molecular complexity index is 713. The van der Waals surface area contributed by atoms with E-state index in [0.29, 0.717) is 37.3 Å². The number of rotatable bonds is 2. The van der Waals surface area contributed by atoms with Crippen LogP contribution in [0.5, 0.6) is 0 Å². The Morgan fingerprint density at radius 1 is 1.20 bits per heavy atom. The molecule has 1 aliphatic carbocycles. The smallest absolute Gasteiger partial charge is 0.411 e. The monoisotopic (exact) mass is 375 g/mol. The van der Waals surface area contributed by atoms with Gasteiger partial charge in [0.1, 0.15) is 5.71 Å². The molecule has 0 unspecified atom stereocenters. The molecule has 2 fully saturated rings. The van der Waals surface area contributed by atoms with Crippen LogP contribution in [0.25, 0.3) is 0 Å². The fraction of sp³-hybridized carbons (Fsp3) is 0.667. The van der Waals surface area contributed by atoms with E-state index in [1.807, 2.05) is 0 Å². The molecule has 2 saturated heterocycles. The van der Waals surface area contributed by atoms with Gasteiger partial charge >= 0.3 is 6.18 Å². The normalized spacial score (nSPS) is 30.5. The van der Waals surface area contributed by atoms with Gasteiger partial charge in [-0.05, 0) is 25.7 Å². The lowest BCUT2D eigenvalue weighted by Gasteiger charge is -2.27. The molecular formula is C15H16F3N3O3S. The first-order valence-electron chi connectivity index (χ1n) is 8.07. The predicted molar refractivity (Wildman–Crippen MR) is 81.8 cm³/mol. The number of hydrogen-bond donors (Lipinski definition) is 1. The summed E-state index contributed by atoms with van der Waals surface area (Å²) in [6, 6.07) is 0. The summed E-state index contributed by atoms with van der Waals surface area (Å²) in [7, 11) is 0. The third kappa shape index (κ3) is 3.22. The van der Waals surface area contributed by atoms with Crippen LogP contribution in [0.2, 0.25) is 0 Å². The Balaban J connectivity index is 1.64. The molecule has 2 aliphatic heterocycles.